The molecule has 0 aromatic heterocycles. The fourth-order valence-corrected chi connectivity index (χ4v) is 7.27. The highest BCUT2D eigenvalue weighted by Crippen LogP contribution is 2.43. The van der Waals surface area contributed by atoms with Crippen molar-refractivity contribution in [3.05, 3.63) is 12.3 Å². The van der Waals surface area contributed by atoms with Crippen molar-refractivity contribution in [1.29, 1.82) is 2.86 Å². The Hall–Kier alpha value is -0.860. The van der Waals surface area contributed by atoms with Gasteiger partial charge in [-0.2, -0.15) is 0 Å². The average molecular weight is 633 g/mol. The molecule has 4 saturated heterocycles. The second-order valence-corrected chi connectivity index (χ2v) is 14.3. The van der Waals surface area contributed by atoms with Crippen LogP contribution in [0, 0.1) is 35.5 Å². The van der Waals surface area contributed by atoms with Gasteiger partial charge in [-0.25, -0.2) is 0 Å². The topological polar surface area (TPSA) is 124 Å². The van der Waals surface area contributed by atoms with E-state index in [2.05, 4.69) is 55.4 Å². The Bertz CT molecular complexity index is 1020. The van der Waals surface area contributed by atoms with Gasteiger partial charge >= 0.3 is 0 Å². The zero-order valence-corrected chi connectivity index (χ0v) is 28.0. The first-order valence-corrected chi connectivity index (χ1v) is 16.5. The zero-order valence-electron chi connectivity index (χ0n) is 30.0. The van der Waals surface area contributed by atoms with Gasteiger partial charge in [-0.15, -0.1) is 0 Å². The third kappa shape index (κ3) is 6.74. The third-order valence-corrected chi connectivity index (χ3v) is 11.2. The van der Waals surface area contributed by atoms with Gasteiger partial charge in [-0.1, -0.05) is 41.5 Å². The van der Waals surface area contributed by atoms with Crippen molar-refractivity contribution >= 4 is 0 Å². The molecule has 5 aliphatic heterocycles. The second kappa shape index (κ2) is 13.7. The molecule has 5 heterocycles. The predicted molar refractivity (Wildman–Crippen MR) is 159 cm³/mol. The van der Waals surface area contributed by atoms with Crippen molar-refractivity contribution in [1.82, 2.24) is 0 Å². The van der Waals surface area contributed by atoms with Gasteiger partial charge in [0.2, 0.25) is 2.86 Å². The molecule has 44 heavy (non-hydrogen) atoms. The van der Waals surface area contributed by atoms with Crippen LogP contribution in [0.25, 0.3) is 0 Å². The van der Waals surface area contributed by atoms with E-state index in [1.165, 1.54) is 0 Å². The van der Waals surface area contributed by atoms with Crippen molar-refractivity contribution in [3.8, 4) is 0 Å². The molecule has 0 radical (unpaired) electrons. The molecule has 11 heteroatoms. The van der Waals surface area contributed by atoms with Gasteiger partial charge in [-0.05, 0) is 57.4 Å². The average Bonchev–Trinajstić information content (AvgIpc) is 3.34. The van der Waals surface area contributed by atoms with Crippen LogP contribution in [0.4, 0.5) is 0 Å². The lowest BCUT2D eigenvalue weighted by atomic mass is 9.79. The highest BCUT2D eigenvalue weighted by molar-refractivity contribution is 5.03. The Morgan fingerprint density at radius 3 is 1.80 bits per heavy atom. The van der Waals surface area contributed by atoms with Crippen LogP contribution >= 0.6 is 0 Å². The summed E-state index contributed by atoms with van der Waals surface area (Å²) in [5.41, 5.74) is 0. The highest BCUT2D eigenvalue weighted by Gasteiger charge is 2.58. The Labute approximate surface area is 265 Å². The van der Waals surface area contributed by atoms with E-state index >= 15 is 0 Å². The van der Waals surface area contributed by atoms with Crippen LogP contribution in [0.15, 0.2) is 12.3 Å². The first kappa shape index (κ1) is 31.7. The largest absolute Gasteiger partial charge is 0.493 e. The van der Waals surface area contributed by atoms with E-state index in [0.29, 0.717) is 23.7 Å². The summed E-state index contributed by atoms with van der Waals surface area (Å²) in [5.74, 6) is 0.712. The highest BCUT2D eigenvalue weighted by atomic mass is 16.8. The number of hydrogen-bond acceptors (Lipinski definition) is 11. The van der Waals surface area contributed by atoms with E-state index < -0.39 is 67.4 Å². The molecule has 18 atom stereocenters. The minimum Gasteiger partial charge on any atom is -0.493 e. The molecule has 9 unspecified atom stereocenters. The Morgan fingerprint density at radius 2 is 1.18 bits per heavy atom. The van der Waals surface area contributed by atoms with Crippen molar-refractivity contribution in [3.63, 3.8) is 0 Å². The van der Waals surface area contributed by atoms with Gasteiger partial charge in [0.25, 0.3) is 0 Å². The monoisotopic (exact) mass is 632 g/mol. The number of hydrogen-bond donors (Lipinski definition) is 2. The maximum atomic E-state index is 7.52. The number of fused-ring (bicyclic) bond motifs is 1. The molecule has 11 nitrogen and oxygen atoms in total. The summed E-state index contributed by atoms with van der Waals surface area (Å²) < 4.78 is 73.2. The van der Waals surface area contributed by atoms with Gasteiger partial charge in [0.15, 0.2) is 24.7 Å². The SMILES string of the molecule is [3H]OCC1OC=CC(O[C@@H]2OC(C)[C@@H](C)C(C)[C@H]2C)[C@@H]1O[C@@H]1OC(CO[3H])[C@@H]2OC(C)(C)O[C@@H]2C1OC1OC(C)[C@@H](C)C(C)[C@@H]1C. The van der Waals surface area contributed by atoms with Crippen LogP contribution in [0.2, 0.25) is 0 Å². The van der Waals surface area contributed by atoms with Crippen molar-refractivity contribution in [2.45, 2.75) is 149 Å². The minimum atomic E-state index is -1.03. The quantitative estimate of drug-likeness (QED) is 0.367. The summed E-state index contributed by atoms with van der Waals surface area (Å²) in [5, 5.41) is 9.61. The summed E-state index contributed by atoms with van der Waals surface area (Å²) >= 11 is 0. The molecule has 0 amide bonds. The maximum Gasteiger partial charge on any atom is 0.210 e. The van der Waals surface area contributed by atoms with E-state index in [1.807, 2.05) is 13.8 Å². The fourth-order valence-electron chi connectivity index (χ4n) is 7.27. The van der Waals surface area contributed by atoms with Gasteiger partial charge in [-0.3, -0.25) is 0 Å². The molecule has 254 valence electrons. The van der Waals surface area contributed by atoms with E-state index in [4.69, 9.17) is 55.7 Å². The molecule has 5 rings (SSSR count). The van der Waals surface area contributed by atoms with E-state index in [-0.39, 0.29) is 37.3 Å². The van der Waals surface area contributed by atoms with E-state index in [1.54, 1.807) is 12.3 Å². The first-order valence-electron chi connectivity index (χ1n) is 17.3. The van der Waals surface area contributed by atoms with Gasteiger partial charge in [0.05, 0.1) is 31.7 Å². The zero-order chi connectivity index (χ0) is 33.5. The molecule has 5 aliphatic rings. The smallest absolute Gasteiger partial charge is 0.210 e. The van der Waals surface area contributed by atoms with Crippen LogP contribution < -0.4 is 0 Å². The number of ether oxygens (including phenoxy) is 9. The number of aliphatic hydroxyl groups is 2. The van der Waals surface area contributed by atoms with Crippen LogP contribution in [0.5, 0.6) is 0 Å². The molecular weight excluding hydrogens is 572 g/mol. The van der Waals surface area contributed by atoms with Gasteiger partial charge in [0, 0.05) is 11.8 Å². The normalized spacial score (nSPS) is 53.0. The molecule has 4 fully saturated rings. The van der Waals surface area contributed by atoms with E-state index in [9.17, 15) is 0 Å². The lowest BCUT2D eigenvalue weighted by Gasteiger charge is -2.48. The summed E-state index contributed by atoms with van der Waals surface area (Å²) in [7, 11) is 0. The summed E-state index contributed by atoms with van der Waals surface area (Å²) in [4.78, 5) is 0. The first-order chi connectivity index (χ1) is 21.8. The lowest BCUT2D eigenvalue weighted by molar-refractivity contribution is -0.360. The van der Waals surface area contributed by atoms with Gasteiger partial charge in [0.1, 0.15) is 42.7 Å². The van der Waals surface area contributed by atoms with E-state index in [0.717, 1.165) is 0 Å². The number of aliphatic hydroxyl groups excluding tert-OH is 2. The molecule has 2 N–H and O–H groups in total. The Balaban J connectivity index is 1.44. The van der Waals surface area contributed by atoms with Crippen LogP contribution in [-0.2, 0) is 42.6 Å². The van der Waals surface area contributed by atoms with Crippen LogP contribution in [0.3, 0.4) is 0 Å². The lowest BCUT2D eigenvalue weighted by Crippen LogP contribution is -2.63. The number of rotatable bonds is 10. The summed E-state index contributed by atoms with van der Waals surface area (Å²) in [6.07, 6.45) is -3.50. The Kier molecular flexibility index (Phi) is 9.88. The molecule has 0 saturated carbocycles. The molecular formula is C33H56O11. The standard InChI is InChI=1S/C33H56O11/c1-15-17(3)21(7)37-30(19(15)5)39-23-11-12-36-24(13-34)26(23)41-32-29(42-31-20(6)16(2)18(4)22(8)38-31)28-27(25(14-35)40-32)43-33(9,10)44-28/h11-12,15-32,34-35H,13-14H2,1-10H3/t15?,16?,17-,18-,19+,20-,21?,22?,23?,24?,25?,26-,27-,28-,29?,30-,31?,32-/m0/s1/i34T,35T. The third-order valence-electron chi connectivity index (χ3n) is 11.2. The maximum absolute atomic E-state index is 7.52. The summed E-state index contributed by atoms with van der Waals surface area (Å²) in [6.45, 7) is 20.7. The molecule has 0 aromatic carbocycles. The fraction of sp³-hybridized carbons (Fsp3) is 0.939. The Morgan fingerprint density at radius 1 is 0.636 bits per heavy atom. The molecule has 0 aromatic rings. The van der Waals surface area contributed by atoms with Crippen molar-refractivity contribution in [2.24, 2.45) is 35.5 Å². The summed E-state index contributed by atoms with van der Waals surface area (Å²) in [6, 6.07) is 0. The molecule has 0 spiro atoms. The van der Waals surface area contributed by atoms with Crippen molar-refractivity contribution in [2.75, 3.05) is 13.2 Å². The van der Waals surface area contributed by atoms with Crippen LogP contribution in [-0.4, -0.2) is 106 Å². The second-order valence-electron chi connectivity index (χ2n) is 14.3. The minimum absolute atomic E-state index is 0.0154. The van der Waals surface area contributed by atoms with Gasteiger partial charge < -0.3 is 52.8 Å². The van der Waals surface area contributed by atoms with Crippen LogP contribution in [0.1, 0.15) is 69.2 Å². The predicted octanol–water partition coefficient (Wildman–Crippen LogP) is 3.59. The molecule has 0 bridgehead atoms. The van der Waals surface area contributed by atoms with Crippen molar-refractivity contribution < 1.29 is 52.8 Å². The molecule has 0 aliphatic carbocycles.